The number of hydrogen-bond donors (Lipinski definition) is 0. The van der Waals surface area contributed by atoms with Crippen LogP contribution in [0.1, 0.15) is 0 Å². The molecule has 0 N–H and O–H groups in total. The molecule has 4 aromatic heterocycles. The summed E-state index contributed by atoms with van der Waals surface area (Å²) in [5.41, 5.74) is 14.7. The summed E-state index contributed by atoms with van der Waals surface area (Å²) in [6, 6.07) is 76.6. The van der Waals surface area contributed by atoms with E-state index >= 15 is 0 Å². The Balaban J connectivity index is 1.05. The number of nitrogens with zero attached hydrogens (tertiary/aromatic N) is 4. The summed E-state index contributed by atoms with van der Waals surface area (Å²) >= 11 is 0. The van der Waals surface area contributed by atoms with Crippen molar-refractivity contribution in [2.75, 3.05) is 0 Å². The zero-order chi connectivity index (χ0) is 42.1. The Bertz CT molecular complexity index is 3910. The second-order valence-corrected chi connectivity index (χ2v) is 16.3. The standard InChI is InChI=1S/C59H36N4O/c1-3-17-37(18-4-1)49-36-50(62-59(61-49)41-23-16-24-42(34-41)63-51-30-12-8-25-43(51)44-26-9-13-31-52(44)63)39-21-15-22-40(33-39)55-56-45-27-7-11-29-48(45)60-58(38-19-5-2-6-20-38)47(56)35-54-57(55)46-28-10-14-32-53(46)64-54/h1-36H. The average molecular weight is 817 g/mol. The molecule has 0 unspecified atom stereocenters. The van der Waals surface area contributed by atoms with Gasteiger partial charge in [0.1, 0.15) is 11.2 Å². The predicted molar refractivity (Wildman–Crippen MR) is 264 cm³/mol. The van der Waals surface area contributed by atoms with Crippen molar-refractivity contribution >= 4 is 65.4 Å². The Morgan fingerprint density at radius 3 is 1.69 bits per heavy atom. The molecule has 0 aliphatic carbocycles. The van der Waals surface area contributed by atoms with E-state index in [0.29, 0.717) is 5.82 Å². The van der Waals surface area contributed by atoms with Gasteiger partial charge >= 0.3 is 0 Å². The van der Waals surface area contributed by atoms with E-state index in [4.69, 9.17) is 19.4 Å². The van der Waals surface area contributed by atoms with Gasteiger partial charge in [-0.25, -0.2) is 15.0 Å². The Labute approximate surface area is 368 Å². The molecule has 9 aromatic carbocycles. The third kappa shape index (κ3) is 5.75. The van der Waals surface area contributed by atoms with Gasteiger partial charge in [-0.15, -0.1) is 0 Å². The van der Waals surface area contributed by atoms with Crippen LogP contribution in [0.3, 0.4) is 0 Å². The van der Waals surface area contributed by atoms with E-state index in [1.54, 1.807) is 0 Å². The van der Waals surface area contributed by atoms with E-state index in [1.165, 1.54) is 10.8 Å². The summed E-state index contributed by atoms with van der Waals surface area (Å²) in [6.45, 7) is 0. The smallest absolute Gasteiger partial charge is 0.160 e. The molecule has 0 aliphatic heterocycles. The number of pyridine rings is 1. The minimum atomic E-state index is 0.655. The number of furan rings is 1. The van der Waals surface area contributed by atoms with Crippen molar-refractivity contribution in [1.82, 2.24) is 19.5 Å². The van der Waals surface area contributed by atoms with Crippen LogP contribution in [0.4, 0.5) is 0 Å². The van der Waals surface area contributed by atoms with Gasteiger partial charge in [0.2, 0.25) is 0 Å². The van der Waals surface area contributed by atoms with Gasteiger partial charge in [0, 0.05) is 71.2 Å². The molecule has 64 heavy (non-hydrogen) atoms. The molecule has 13 aromatic rings. The number of aromatic nitrogens is 4. The van der Waals surface area contributed by atoms with Gasteiger partial charge in [0.05, 0.1) is 33.6 Å². The lowest BCUT2D eigenvalue weighted by Gasteiger charge is -2.16. The third-order valence-corrected chi connectivity index (χ3v) is 12.6. The summed E-state index contributed by atoms with van der Waals surface area (Å²) in [5, 5.41) is 7.85. The van der Waals surface area contributed by atoms with E-state index in [0.717, 1.165) is 111 Å². The molecule has 0 saturated heterocycles. The number of rotatable bonds is 6. The predicted octanol–water partition coefficient (Wildman–Crippen LogP) is 15.5. The Morgan fingerprint density at radius 2 is 0.922 bits per heavy atom. The second-order valence-electron chi connectivity index (χ2n) is 16.3. The Morgan fingerprint density at radius 1 is 0.344 bits per heavy atom. The quantitative estimate of drug-likeness (QED) is 0.157. The lowest BCUT2D eigenvalue weighted by atomic mass is 9.89. The van der Waals surface area contributed by atoms with Crippen molar-refractivity contribution in [1.29, 1.82) is 0 Å². The van der Waals surface area contributed by atoms with Gasteiger partial charge in [-0.05, 0) is 60.2 Å². The van der Waals surface area contributed by atoms with Crippen molar-refractivity contribution in [2.24, 2.45) is 0 Å². The normalized spacial score (nSPS) is 11.8. The fraction of sp³-hybridized carbons (Fsp3) is 0. The number of para-hydroxylation sites is 4. The van der Waals surface area contributed by atoms with Gasteiger partial charge in [-0.1, -0.05) is 164 Å². The van der Waals surface area contributed by atoms with Crippen LogP contribution in [0.25, 0.3) is 127 Å². The van der Waals surface area contributed by atoms with Crippen molar-refractivity contribution in [3.05, 3.63) is 218 Å². The van der Waals surface area contributed by atoms with Crippen LogP contribution < -0.4 is 0 Å². The first kappa shape index (κ1) is 36.0. The van der Waals surface area contributed by atoms with Gasteiger partial charge < -0.3 is 8.98 Å². The van der Waals surface area contributed by atoms with E-state index in [9.17, 15) is 0 Å². The number of fused-ring (bicyclic) bond motifs is 9. The third-order valence-electron chi connectivity index (χ3n) is 12.6. The lowest BCUT2D eigenvalue weighted by Crippen LogP contribution is -1.98. The van der Waals surface area contributed by atoms with E-state index < -0.39 is 0 Å². The molecule has 0 bridgehead atoms. The highest BCUT2D eigenvalue weighted by molar-refractivity contribution is 6.28. The van der Waals surface area contributed by atoms with Gasteiger partial charge in [-0.3, -0.25) is 0 Å². The van der Waals surface area contributed by atoms with Crippen molar-refractivity contribution in [3.63, 3.8) is 0 Å². The summed E-state index contributed by atoms with van der Waals surface area (Å²) in [4.78, 5) is 16.0. The molecule has 5 heteroatoms. The minimum Gasteiger partial charge on any atom is -0.456 e. The van der Waals surface area contributed by atoms with Gasteiger partial charge in [0.15, 0.2) is 5.82 Å². The molecule has 0 atom stereocenters. The molecule has 0 saturated carbocycles. The van der Waals surface area contributed by atoms with E-state index in [2.05, 4.69) is 205 Å². The highest BCUT2D eigenvalue weighted by Gasteiger charge is 2.23. The second kappa shape index (κ2) is 14.5. The van der Waals surface area contributed by atoms with Crippen LogP contribution in [0.15, 0.2) is 223 Å². The summed E-state index contributed by atoms with van der Waals surface area (Å²) < 4.78 is 9.04. The van der Waals surface area contributed by atoms with Crippen molar-refractivity contribution in [2.45, 2.75) is 0 Å². The maximum atomic E-state index is 6.70. The summed E-state index contributed by atoms with van der Waals surface area (Å²) in [7, 11) is 0. The molecule has 0 aliphatic rings. The molecular weight excluding hydrogens is 781 g/mol. The monoisotopic (exact) mass is 816 g/mol. The van der Waals surface area contributed by atoms with Crippen molar-refractivity contribution < 1.29 is 4.42 Å². The maximum absolute atomic E-state index is 6.70. The summed E-state index contributed by atoms with van der Waals surface area (Å²) in [5.74, 6) is 0.655. The van der Waals surface area contributed by atoms with E-state index in [1.807, 2.05) is 18.2 Å². The van der Waals surface area contributed by atoms with Crippen molar-refractivity contribution in [3.8, 4) is 62.0 Å². The van der Waals surface area contributed by atoms with E-state index in [-0.39, 0.29) is 0 Å². The largest absolute Gasteiger partial charge is 0.456 e. The molecule has 13 rings (SSSR count). The van der Waals surface area contributed by atoms with Gasteiger partial charge in [0.25, 0.3) is 0 Å². The number of hydrogen-bond acceptors (Lipinski definition) is 4. The minimum absolute atomic E-state index is 0.655. The molecule has 0 fully saturated rings. The lowest BCUT2D eigenvalue weighted by molar-refractivity contribution is 0.669. The van der Waals surface area contributed by atoms with Gasteiger partial charge in [-0.2, -0.15) is 0 Å². The molecule has 5 nitrogen and oxygen atoms in total. The molecule has 0 spiro atoms. The fourth-order valence-electron chi connectivity index (χ4n) is 9.72. The highest BCUT2D eigenvalue weighted by atomic mass is 16.3. The Kier molecular flexibility index (Phi) is 8.15. The molecule has 298 valence electrons. The SMILES string of the molecule is c1ccc(-c2cc(-c3cccc(-c4c5c(cc6c(-c7ccccc7)nc7ccccc7c46)oc4ccccc45)c3)nc(-c3cccc(-n4c5ccccc5c5ccccc54)c3)n2)cc1. The Hall–Kier alpha value is -8.67. The first-order chi connectivity index (χ1) is 31.7. The average Bonchev–Trinajstić information content (AvgIpc) is 3.91. The summed E-state index contributed by atoms with van der Waals surface area (Å²) in [6.07, 6.45) is 0. The molecular formula is C59H36N4O. The van der Waals surface area contributed by atoms with Crippen LogP contribution in [0, 0.1) is 0 Å². The molecule has 0 amide bonds. The first-order valence-electron chi connectivity index (χ1n) is 21.6. The van der Waals surface area contributed by atoms with Crippen LogP contribution in [-0.2, 0) is 0 Å². The first-order valence-corrected chi connectivity index (χ1v) is 21.6. The maximum Gasteiger partial charge on any atom is 0.160 e. The topological polar surface area (TPSA) is 56.7 Å². The zero-order valence-electron chi connectivity index (χ0n) is 34.5. The highest BCUT2D eigenvalue weighted by Crippen LogP contribution is 2.47. The molecule has 4 heterocycles. The zero-order valence-corrected chi connectivity index (χ0v) is 34.5. The fourth-order valence-corrected chi connectivity index (χ4v) is 9.72. The van der Waals surface area contributed by atoms with Crippen LogP contribution in [0.2, 0.25) is 0 Å². The van der Waals surface area contributed by atoms with Crippen LogP contribution in [-0.4, -0.2) is 19.5 Å². The van der Waals surface area contributed by atoms with Crippen LogP contribution in [0.5, 0.6) is 0 Å². The number of benzene rings is 9. The van der Waals surface area contributed by atoms with Crippen LogP contribution >= 0.6 is 0 Å². The molecule has 0 radical (unpaired) electrons.